The molecule has 1 aromatic rings. The first-order valence-electron chi connectivity index (χ1n) is 6.98. The van der Waals surface area contributed by atoms with E-state index in [2.05, 4.69) is 19.2 Å². The van der Waals surface area contributed by atoms with Crippen LogP contribution in [0, 0.1) is 0 Å². The lowest BCUT2D eigenvalue weighted by Crippen LogP contribution is -2.23. The van der Waals surface area contributed by atoms with Gasteiger partial charge >= 0.3 is 0 Å². The van der Waals surface area contributed by atoms with Gasteiger partial charge in [-0.05, 0) is 37.4 Å². The van der Waals surface area contributed by atoms with E-state index in [4.69, 9.17) is 21.1 Å². The highest BCUT2D eigenvalue weighted by atomic mass is 35.5. The second-order valence-corrected chi connectivity index (χ2v) is 5.56. The number of rotatable bonds is 6. The molecule has 0 saturated carbocycles. The molecule has 0 fully saturated rings. The molecule has 2 rings (SSSR count). The van der Waals surface area contributed by atoms with E-state index in [0.717, 1.165) is 47.9 Å². The summed E-state index contributed by atoms with van der Waals surface area (Å²) >= 11 is 6.27. The van der Waals surface area contributed by atoms with Gasteiger partial charge in [0.15, 0.2) is 11.5 Å². The average molecular weight is 284 g/mol. The summed E-state index contributed by atoms with van der Waals surface area (Å²) in [5, 5.41) is 4.20. The molecule has 1 aliphatic heterocycles. The van der Waals surface area contributed by atoms with E-state index in [0.29, 0.717) is 19.3 Å². The van der Waals surface area contributed by atoms with Crippen LogP contribution in [0.5, 0.6) is 11.5 Å². The van der Waals surface area contributed by atoms with E-state index in [-0.39, 0.29) is 0 Å². The number of fused-ring (bicyclic) bond motifs is 1. The molecule has 1 aromatic carbocycles. The molecule has 1 N–H and O–H groups in total. The van der Waals surface area contributed by atoms with Gasteiger partial charge in [-0.3, -0.25) is 0 Å². The minimum absolute atomic E-state index is 0.554. The van der Waals surface area contributed by atoms with Crippen molar-refractivity contribution in [3.8, 4) is 11.5 Å². The van der Waals surface area contributed by atoms with Crippen molar-refractivity contribution in [2.24, 2.45) is 0 Å². The Balaban J connectivity index is 1.86. The molecule has 19 heavy (non-hydrogen) atoms. The Morgan fingerprint density at radius 1 is 1.16 bits per heavy atom. The lowest BCUT2D eigenvalue weighted by molar-refractivity contribution is 0.171. The Kier molecular flexibility index (Phi) is 5.34. The van der Waals surface area contributed by atoms with Crippen molar-refractivity contribution >= 4 is 11.6 Å². The first-order chi connectivity index (χ1) is 9.16. The summed E-state index contributed by atoms with van der Waals surface area (Å²) in [7, 11) is 0. The van der Waals surface area contributed by atoms with Crippen molar-refractivity contribution in [3.63, 3.8) is 0 Å². The van der Waals surface area contributed by atoms with Gasteiger partial charge in [0.2, 0.25) is 0 Å². The van der Waals surface area contributed by atoms with Gasteiger partial charge in [-0.25, -0.2) is 0 Å². The number of halogens is 1. The van der Waals surface area contributed by atoms with Crippen LogP contribution in [-0.4, -0.2) is 25.8 Å². The number of ether oxygens (including phenoxy) is 2. The monoisotopic (exact) mass is 283 g/mol. The third-order valence-electron chi connectivity index (χ3n) is 3.14. The van der Waals surface area contributed by atoms with Gasteiger partial charge in [0.05, 0.1) is 0 Å². The van der Waals surface area contributed by atoms with Crippen molar-refractivity contribution in [1.29, 1.82) is 0 Å². The van der Waals surface area contributed by atoms with Crippen molar-refractivity contribution < 1.29 is 9.47 Å². The quantitative estimate of drug-likeness (QED) is 0.812. The van der Waals surface area contributed by atoms with E-state index in [1.807, 2.05) is 12.1 Å². The number of benzene rings is 1. The molecule has 0 aliphatic carbocycles. The standard InChI is InChI=1S/C15H22ClNO2/c1-11(2)17-6-4-3-5-12-9-14-15(10-13(12)16)19-8-7-18-14/h9-11,17H,3-8H2,1-2H3. The topological polar surface area (TPSA) is 30.5 Å². The van der Waals surface area contributed by atoms with E-state index in [1.54, 1.807) is 0 Å². The van der Waals surface area contributed by atoms with Gasteiger partial charge in [0.1, 0.15) is 13.2 Å². The van der Waals surface area contributed by atoms with Crippen molar-refractivity contribution in [1.82, 2.24) is 5.32 Å². The highest BCUT2D eigenvalue weighted by Gasteiger charge is 2.14. The molecule has 0 atom stereocenters. The predicted octanol–water partition coefficient (Wildman–Crippen LogP) is 3.43. The van der Waals surface area contributed by atoms with Crippen molar-refractivity contribution in [2.45, 2.75) is 39.2 Å². The number of aryl methyl sites for hydroxylation is 1. The van der Waals surface area contributed by atoms with Crippen LogP contribution in [0.2, 0.25) is 5.02 Å². The van der Waals surface area contributed by atoms with Crippen LogP contribution < -0.4 is 14.8 Å². The van der Waals surface area contributed by atoms with Crippen LogP contribution in [0.4, 0.5) is 0 Å². The summed E-state index contributed by atoms with van der Waals surface area (Å²) in [5.74, 6) is 1.59. The molecule has 3 nitrogen and oxygen atoms in total. The first kappa shape index (κ1) is 14.5. The second-order valence-electron chi connectivity index (χ2n) is 5.15. The van der Waals surface area contributed by atoms with Gasteiger partial charge in [-0.1, -0.05) is 25.4 Å². The van der Waals surface area contributed by atoms with Gasteiger partial charge in [0, 0.05) is 17.1 Å². The zero-order valence-electron chi connectivity index (χ0n) is 11.7. The molecule has 0 bridgehead atoms. The predicted molar refractivity (Wildman–Crippen MR) is 78.5 cm³/mol. The van der Waals surface area contributed by atoms with Gasteiger partial charge in [0.25, 0.3) is 0 Å². The summed E-state index contributed by atoms with van der Waals surface area (Å²) < 4.78 is 11.1. The van der Waals surface area contributed by atoms with Gasteiger partial charge < -0.3 is 14.8 Å². The molecule has 106 valence electrons. The molecule has 0 radical (unpaired) electrons. The summed E-state index contributed by atoms with van der Waals surface area (Å²) in [6.07, 6.45) is 3.26. The molecule has 0 amide bonds. The normalized spacial score (nSPS) is 13.9. The SMILES string of the molecule is CC(C)NCCCCc1cc2c(cc1Cl)OCCO2. The van der Waals surface area contributed by atoms with Gasteiger partial charge in [-0.2, -0.15) is 0 Å². The van der Waals surface area contributed by atoms with E-state index in [1.165, 1.54) is 0 Å². The van der Waals surface area contributed by atoms with E-state index >= 15 is 0 Å². The lowest BCUT2D eigenvalue weighted by atomic mass is 10.1. The zero-order valence-corrected chi connectivity index (χ0v) is 12.4. The van der Waals surface area contributed by atoms with Crippen LogP contribution in [0.15, 0.2) is 12.1 Å². The smallest absolute Gasteiger partial charge is 0.162 e. The molecule has 0 unspecified atom stereocenters. The Bertz CT molecular complexity index is 421. The largest absolute Gasteiger partial charge is 0.486 e. The summed E-state index contributed by atoms with van der Waals surface area (Å²) in [6, 6.07) is 4.45. The maximum absolute atomic E-state index is 6.27. The number of hydrogen-bond acceptors (Lipinski definition) is 3. The zero-order chi connectivity index (χ0) is 13.7. The highest BCUT2D eigenvalue weighted by molar-refractivity contribution is 6.31. The molecule has 0 aromatic heterocycles. The molecular formula is C15H22ClNO2. The fourth-order valence-electron chi connectivity index (χ4n) is 2.13. The highest BCUT2D eigenvalue weighted by Crippen LogP contribution is 2.35. The van der Waals surface area contributed by atoms with E-state index < -0.39 is 0 Å². The number of unbranched alkanes of at least 4 members (excludes halogenated alkanes) is 1. The maximum atomic E-state index is 6.27. The van der Waals surface area contributed by atoms with Crippen LogP contribution in [0.25, 0.3) is 0 Å². The fourth-order valence-corrected chi connectivity index (χ4v) is 2.38. The summed E-state index contributed by atoms with van der Waals surface area (Å²) in [4.78, 5) is 0. The minimum Gasteiger partial charge on any atom is -0.486 e. The third-order valence-corrected chi connectivity index (χ3v) is 3.49. The fraction of sp³-hybridized carbons (Fsp3) is 0.600. The third kappa shape index (κ3) is 4.29. The van der Waals surface area contributed by atoms with E-state index in [9.17, 15) is 0 Å². The molecule has 4 heteroatoms. The summed E-state index contributed by atoms with van der Waals surface area (Å²) in [6.45, 7) is 6.60. The van der Waals surface area contributed by atoms with Crippen LogP contribution in [-0.2, 0) is 6.42 Å². The Morgan fingerprint density at radius 2 is 1.84 bits per heavy atom. The molecule has 1 heterocycles. The van der Waals surface area contributed by atoms with Crippen LogP contribution in [0.1, 0.15) is 32.3 Å². The second kappa shape index (κ2) is 7.01. The Hall–Kier alpha value is -0.930. The number of nitrogens with one attached hydrogen (secondary N) is 1. The number of hydrogen-bond donors (Lipinski definition) is 1. The molecule has 0 spiro atoms. The first-order valence-corrected chi connectivity index (χ1v) is 7.36. The minimum atomic E-state index is 0.554. The van der Waals surface area contributed by atoms with Crippen LogP contribution >= 0.6 is 11.6 Å². The Morgan fingerprint density at radius 3 is 2.53 bits per heavy atom. The Labute approximate surface area is 120 Å². The van der Waals surface area contributed by atoms with Crippen molar-refractivity contribution in [3.05, 3.63) is 22.7 Å². The summed E-state index contributed by atoms with van der Waals surface area (Å²) in [5.41, 5.74) is 1.15. The van der Waals surface area contributed by atoms with Crippen LogP contribution in [0.3, 0.4) is 0 Å². The molecule has 0 saturated heterocycles. The molecule has 1 aliphatic rings. The van der Waals surface area contributed by atoms with Gasteiger partial charge in [-0.15, -0.1) is 0 Å². The van der Waals surface area contributed by atoms with Crippen molar-refractivity contribution in [2.75, 3.05) is 19.8 Å². The molecular weight excluding hydrogens is 262 g/mol. The average Bonchev–Trinajstić information content (AvgIpc) is 2.38. The lowest BCUT2D eigenvalue weighted by Gasteiger charge is -2.19. The maximum Gasteiger partial charge on any atom is 0.162 e.